The average Bonchev–Trinajstić information content (AvgIpc) is 2.93. The molecule has 1 N–H and O–H groups in total. The Kier molecular flexibility index (Phi) is 3.69. The molecule has 0 aliphatic heterocycles. The second kappa shape index (κ2) is 5.60. The molecule has 0 spiro atoms. The van der Waals surface area contributed by atoms with E-state index >= 15 is 0 Å². The molecule has 2 heterocycles. The van der Waals surface area contributed by atoms with Crippen molar-refractivity contribution in [2.75, 3.05) is 0 Å². The van der Waals surface area contributed by atoms with E-state index in [0.29, 0.717) is 16.5 Å². The first-order valence-corrected chi connectivity index (χ1v) is 7.15. The zero-order valence-corrected chi connectivity index (χ0v) is 13.2. The highest BCUT2D eigenvalue weighted by Gasteiger charge is 2.38. The molecule has 0 saturated carbocycles. The van der Waals surface area contributed by atoms with Crippen molar-refractivity contribution in [1.29, 1.82) is 10.5 Å². The molecular formula is C17H10F3N5. The molecule has 0 fully saturated rings. The summed E-state index contributed by atoms with van der Waals surface area (Å²) < 4.78 is 39.9. The predicted octanol–water partition coefficient (Wildman–Crippen LogP) is 4.00. The van der Waals surface area contributed by atoms with Crippen LogP contribution in [0, 0.1) is 36.5 Å². The summed E-state index contributed by atoms with van der Waals surface area (Å²) in [5.74, 6) is 0. The standard InChI is InChI=1S/C17H10F3N5/c1-8-12(6-21)15(13(7-22)16(23-8)17(18,19)20)10-3-4-14-11(5-10)9(2)24-25-14/h3-5H,1-2H3,(H,24,25). The summed E-state index contributed by atoms with van der Waals surface area (Å²) in [6.07, 6.45) is -4.80. The Morgan fingerprint density at radius 1 is 1.08 bits per heavy atom. The Hall–Kier alpha value is -3.39. The number of benzene rings is 1. The predicted molar refractivity (Wildman–Crippen MR) is 83.2 cm³/mol. The highest BCUT2D eigenvalue weighted by atomic mass is 19.4. The molecule has 3 rings (SSSR count). The van der Waals surface area contributed by atoms with Gasteiger partial charge in [0.2, 0.25) is 0 Å². The molecule has 0 radical (unpaired) electrons. The minimum absolute atomic E-state index is 0.0509. The van der Waals surface area contributed by atoms with Crippen LogP contribution in [0.2, 0.25) is 0 Å². The molecular weight excluding hydrogens is 331 g/mol. The largest absolute Gasteiger partial charge is 0.434 e. The molecule has 124 valence electrons. The topological polar surface area (TPSA) is 89.2 Å². The van der Waals surface area contributed by atoms with Crippen LogP contribution in [0.1, 0.15) is 28.2 Å². The van der Waals surface area contributed by atoms with E-state index in [2.05, 4.69) is 15.2 Å². The van der Waals surface area contributed by atoms with Crippen LogP contribution in [0.3, 0.4) is 0 Å². The average molecular weight is 341 g/mol. The fourth-order valence-electron chi connectivity index (χ4n) is 2.74. The van der Waals surface area contributed by atoms with Crippen molar-refractivity contribution in [1.82, 2.24) is 15.2 Å². The van der Waals surface area contributed by atoms with E-state index in [4.69, 9.17) is 0 Å². The van der Waals surface area contributed by atoms with Crippen molar-refractivity contribution in [3.63, 3.8) is 0 Å². The van der Waals surface area contributed by atoms with E-state index < -0.39 is 17.4 Å². The lowest BCUT2D eigenvalue weighted by Crippen LogP contribution is -2.14. The summed E-state index contributed by atoms with van der Waals surface area (Å²) in [6.45, 7) is 3.09. The molecule has 2 aromatic heterocycles. The summed E-state index contributed by atoms with van der Waals surface area (Å²) in [7, 11) is 0. The van der Waals surface area contributed by atoms with Crippen molar-refractivity contribution >= 4 is 10.9 Å². The number of nitrogens with one attached hydrogen (secondary N) is 1. The van der Waals surface area contributed by atoms with Gasteiger partial charge in [-0.15, -0.1) is 0 Å². The minimum atomic E-state index is -4.80. The second-order valence-corrected chi connectivity index (χ2v) is 5.47. The Labute approximate surface area is 140 Å². The Morgan fingerprint density at radius 3 is 2.36 bits per heavy atom. The van der Waals surface area contributed by atoms with Crippen molar-refractivity contribution in [3.05, 3.63) is 46.4 Å². The molecule has 0 saturated heterocycles. The number of hydrogen-bond donors (Lipinski definition) is 1. The van der Waals surface area contributed by atoms with Crippen molar-refractivity contribution in [2.24, 2.45) is 0 Å². The van der Waals surface area contributed by atoms with Gasteiger partial charge in [0.25, 0.3) is 0 Å². The Morgan fingerprint density at radius 2 is 1.76 bits per heavy atom. The molecule has 0 atom stereocenters. The first-order valence-electron chi connectivity index (χ1n) is 7.15. The smallest absolute Gasteiger partial charge is 0.282 e. The van der Waals surface area contributed by atoms with Crippen LogP contribution in [-0.2, 0) is 6.18 Å². The van der Waals surface area contributed by atoms with Gasteiger partial charge in [0, 0.05) is 16.6 Å². The van der Waals surface area contributed by atoms with E-state index in [9.17, 15) is 23.7 Å². The van der Waals surface area contributed by atoms with Crippen LogP contribution in [0.15, 0.2) is 18.2 Å². The molecule has 3 aromatic rings. The zero-order valence-electron chi connectivity index (χ0n) is 13.2. The van der Waals surface area contributed by atoms with Crippen molar-refractivity contribution < 1.29 is 13.2 Å². The molecule has 5 nitrogen and oxygen atoms in total. The Balaban J connectivity index is 2.44. The lowest BCUT2D eigenvalue weighted by atomic mass is 9.92. The van der Waals surface area contributed by atoms with Gasteiger partial charge in [-0.25, -0.2) is 4.98 Å². The van der Waals surface area contributed by atoms with Crippen LogP contribution in [-0.4, -0.2) is 15.2 Å². The third-order valence-electron chi connectivity index (χ3n) is 3.90. The van der Waals surface area contributed by atoms with E-state index in [1.54, 1.807) is 31.2 Å². The van der Waals surface area contributed by atoms with Crippen LogP contribution in [0.25, 0.3) is 22.0 Å². The lowest BCUT2D eigenvalue weighted by molar-refractivity contribution is -0.141. The highest BCUT2D eigenvalue weighted by Crippen LogP contribution is 2.38. The van der Waals surface area contributed by atoms with Crippen LogP contribution in [0.5, 0.6) is 0 Å². The third-order valence-corrected chi connectivity index (χ3v) is 3.90. The monoisotopic (exact) mass is 341 g/mol. The molecule has 25 heavy (non-hydrogen) atoms. The maximum Gasteiger partial charge on any atom is 0.434 e. The number of aromatic nitrogens is 3. The van der Waals surface area contributed by atoms with Gasteiger partial charge in [0.05, 0.1) is 22.3 Å². The van der Waals surface area contributed by atoms with Gasteiger partial charge in [-0.3, -0.25) is 5.10 Å². The SMILES string of the molecule is Cc1nc(C(F)(F)F)c(C#N)c(-c2ccc3n[nH]c(C)c3c2)c1C#N. The zero-order chi connectivity index (χ0) is 18.4. The number of rotatable bonds is 1. The third kappa shape index (κ3) is 2.58. The van der Waals surface area contributed by atoms with Crippen molar-refractivity contribution in [2.45, 2.75) is 20.0 Å². The van der Waals surface area contributed by atoms with Crippen molar-refractivity contribution in [3.8, 4) is 23.3 Å². The molecule has 0 unspecified atom stereocenters. The summed E-state index contributed by atoms with van der Waals surface area (Å²) >= 11 is 0. The first-order chi connectivity index (χ1) is 11.8. The number of alkyl halides is 3. The number of pyridine rings is 1. The van der Waals surface area contributed by atoms with E-state index in [-0.39, 0.29) is 16.8 Å². The number of aromatic amines is 1. The number of nitrogens with zero attached hydrogens (tertiary/aromatic N) is 4. The molecule has 0 aliphatic carbocycles. The molecule has 0 aliphatic rings. The highest BCUT2D eigenvalue weighted by molar-refractivity contribution is 5.89. The fraction of sp³-hybridized carbons (Fsp3) is 0.176. The van der Waals surface area contributed by atoms with Gasteiger partial charge in [-0.1, -0.05) is 6.07 Å². The second-order valence-electron chi connectivity index (χ2n) is 5.47. The maximum absolute atomic E-state index is 13.3. The van der Waals surface area contributed by atoms with Gasteiger partial charge < -0.3 is 0 Å². The number of nitriles is 2. The van der Waals surface area contributed by atoms with Gasteiger partial charge in [-0.2, -0.15) is 28.8 Å². The molecule has 8 heteroatoms. The maximum atomic E-state index is 13.3. The summed E-state index contributed by atoms with van der Waals surface area (Å²) in [5, 5.41) is 26.3. The molecule has 0 amide bonds. The van der Waals surface area contributed by atoms with Crippen LogP contribution >= 0.6 is 0 Å². The van der Waals surface area contributed by atoms with E-state index in [1.165, 1.54) is 6.92 Å². The molecule has 1 aromatic carbocycles. The fourth-order valence-corrected chi connectivity index (χ4v) is 2.74. The van der Waals surface area contributed by atoms with E-state index in [0.717, 1.165) is 5.69 Å². The first kappa shape index (κ1) is 16.5. The lowest BCUT2D eigenvalue weighted by Gasteiger charge is -2.15. The number of fused-ring (bicyclic) bond motifs is 1. The number of aryl methyl sites for hydroxylation is 2. The number of H-pyrrole nitrogens is 1. The summed E-state index contributed by atoms with van der Waals surface area (Å²) in [5.41, 5.74) is -0.428. The summed E-state index contributed by atoms with van der Waals surface area (Å²) in [4.78, 5) is 3.45. The van der Waals surface area contributed by atoms with Gasteiger partial charge in [0.15, 0.2) is 5.69 Å². The van der Waals surface area contributed by atoms with Crippen LogP contribution in [0.4, 0.5) is 13.2 Å². The van der Waals surface area contributed by atoms with Gasteiger partial charge in [0.1, 0.15) is 12.1 Å². The van der Waals surface area contributed by atoms with Crippen LogP contribution < -0.4 is 0 Å². The van der Waals surface area contributed by atoms with Gasteiger partial charge >= 0.3 is 6.18 Å². The number of hydrogen-bond acceptors (Lipinski definition) is 4. The Bertz CT molecular complexity index is 1080. The minimum Gasteiger partial charge on any atom is -0.282 e. The molecule has 0 bridgehead atoms. The normalized spacial score (nSPS) is 11.3. The number of halogens is 3. The van der Waals surface area contributed by atoms with E-state index in [1.807, 2.05) is 6.07 Å². The van der Waals surface area contributed by atoms with Gasteiger partial charge in [-0.05, 0) is 31.5 Å². The summed E-state index contributed by atoms with van der Waals surface area (Å²) in [6, 6.07) is 8.22. The quantitative estimate of drug-likeness (QED) is 0.724.